The average molecular weight is 584 g/mol. The van der Waals surface area contributed by atoms with Gasteiger partial charge < -0.3 is 4.90 Å². The van der Waals surface area contributed by atoms with E-state index >= 15 is 0 Å². The summed E-state index contributed by atoms with van der Waals surface area (Å²) >= 11 is 1.93. The highest BCUT2D eigenvalue weighted by Crippen LogP contribution is 2.57. The van der Waals surface area contributed by atoms with E-state index in [2.05, 4.69) is 140 Å². The monoisotopic (exact) mass is 583 g/mol. The number of hydrogen-bond acceptors (Lipinski definition) is 2. The summed E-state index contributed by atoms with van der Waals surface area (Å²) in [7, 11) is 0. The van der Waals surface area contributed by atoms with Crippen LogP contribution in [0.2, 0.25) is 0 Å². The summed E-state index contributed by atoms with van der Waals surface area (Å²) in [5.41, 5.74) is 16.0. The van der Waals surface area contributed by atoms with Gasteiger partial charge in [-0.15, -0.1) is 11.3 Å². The van der Waals surface area contributed by atoms with Crippen molar-refractivity contribution >= 4 is 42.9 Å². The molecule has 212 valence electrons. The van der Waals surface area contributed by atoms with Crippen molar-refractivity contribution < 1.29 is 0 Å². The van der Waals surface area contributed by atoms with E-state index in [-0.39, 0.29) is 0 Å². The fraction of sp³-hybridized carbons (Fsp3) is 0.143. The number of thiophene rings is 1. The Morgan fingerprint density at radius 3 is 1.89 bits per heavy atom. The van der Waals surface area contributed by atoms with Gasteiger partial charge in [0.15, 0.2) is 0 Å². The highest BCUT2D eigenvalue weighted by Gasteiger charge is 2.31. The summed E-state index contributed by atoms with van der Waals surface area (Å²) in [6.45, 7) is 4.67. The number of hydrogen-bond donors (Lipinski definition) is 0. The van der Waals surface area contributed by atoms with Gasteiger partial charge in [0.05, 0.1) is 10.4 Å². The van der Waals surface area contributed by atoms with Crippen LogP contribution in [0.3, 0.4) is 0 Å². The van der Waals surface area contributed by atoms with Gasteiger partial charge in [0.25, 0.3) is 0 Å². The Morgan fingerprint density at radius 1 is 0.545 bits per heavy atom. The van der Waals surface area contributed by atoms with Crippen LogP contribution in [-0.4, -0.2) is 6.04 Å². The summed E-state index contributed by atoms with van der Waals surface area (Å²) in [5, 5.41) is 2.71. The molecule has 0 saturated carbocycles. The average Bonchev–Trinajstić information content (AvgIpc) is 3.41. The Labute approximate surface area is 263 Å². The Morgan fingerprint density at radius 2 is 1.14 bits per heavy atom. The molecule has 1 aromatic heterocycles. The summed E-state index contributed by atoms with van der Waals surface area (Å²) < 4.78 is 2.73. The van der Waals surface area contributed by atoms with E-state index in [1.165, 1.54) is 87.2 Å². The van der Waals surface area contributed by atoms with E-state index in [4.69, 9.17) is 0 Å². The van der Waals surface area contributed by atoms with Crippen LogP contribution in [0.4, 0.5) is 11.4 Å². The van der Waals surface area contributed by atoms with Gasteiger partial charge in [0.1, 0.15) is 0 Å². The fourth-order valence-electron chi connectivity index (χ4n) is 7.96. The largest absolute Gasteiger partial charge is 0.337 e. The molecule has 6 bridgehead atoms. The van der Waals surface area contributed by atoms with Gasteiger partial charge in [-0.2, -0.15) is 0 Å². The first-order chi connectivity index (χ1) is 21.8. The maximum absolute atomic E-state index is 2.67. The second kappa shape index (κ2) is 9.94. The molecule has 1 nitrogen and oxygen atoms in total. The van der Waals surface area contributed by atoms with Crippen LogP contribution in [0, 0.1) is 0 Å². The molecule has 2 heteroatoms. The van der Waals surface area contributed by atoms with E-state index in [1.54, 1.807) is 0 Å². The van der Waals surface area contributed by atoms with Gasteiger partial charge >= 0.3 is 0 Å². The molecular weight excluding hydrogens is 551 g/mol. The van der Waals surface area contributed by atoms with Gasteiger partial charge in [0.2, 0.25) is 0 Å². The predicted octanol–water partition coefficient (Wildman–Crippen LogP) is 12.7. The highest BCUT2D eigenvalue weighted by atomic mass is 32.1. The minimum Gasteiger partial charge on any atom is -0.337 e. The first kappa shape index (κ1) is 25.8. The number of benzene rings is 6. The molecule has 1 heterocycles. The maximum atomic E-state index is 2.67. The van der Waals surface area contributed by atoms with Gasteiger partial charge in [-0.1, -0.05) is 117 Å². The van der Waals surface area contributed by atoms with Crippen LogP contribution in [0.15, 0.2) is 121 Å². The quantitative estimate of drug-likeness (QED) is 0.188. The summed E-state index contributed by atoms with van der Waals surface area (Å²) in [4.78, 5) is 2.67. The molecule has 0 N–H and O–H groups in total. The smallest absolute Gasteiger partial charge is 0.0595 e. The van der Waals surface area contributed by atoms with Crippen LogP contribution in [-0.2, 0) is 0 Å². The lowest BCUT2D eigenvalue weighted by atomic mass is 9.83. The third-order valence-corrected chi connectivity index (χ3v) is 11.1. The van der Waals surface area contributed by atoms with E-state index in [1.807, 2.05) is 11.3 Å². The molecule has 0 aliphatic heterocycles. The molecule has 7 aromatic rings. The molecular formula is C42H33NS. The summed E-state index contributed by atoms with van der Waals surface area (Å²) in [6, 6.07) is 46.2. The zero-order valence-corrected chi connectivity index (χ0v) is 25.9. The van der Waals surface area contributed by atoms with Crippen molar-refractivity contribution in [1.82, 2.24) is 0 Å². The predicted molar refractivity (Wildman–Crippen MR) is 191 cm³/mol. The van der Waals surface area contributed by atoms with Crippen molar-refractivity contribution in [3.05, 3.63) is 121 Å². The Hall–Kier alpha value is -4.66. The molecule has 0 saturated heterocycles. The van der Waals surface area contributed by atoms with E-state index in [0.717, 1.165) is 19.3 Å². The Kier molecular flexibility index (Phi) is 5.83. The van der Waals surface area contributed by atoms with Crippen molar-refractivity contribution in [3.63, 3.8) is 0 Å². The topological polar surface area (TPSA) is 3.24 Å². The first-order valence-electron chi connectivity index (χ1n) is 16.0. The number of fused-ring (bicyclic) bond motifs is 7. The number of nitrogens with zero attached hydrogens (tertiary/aromatic N) is 1. The standard InChI is InChI=1S/C42H33NS/c1-3-12-26(4-2)43(38-21-11-20-36-30-14-7-8-22-39(30)44-42(36)38)27-23-24-29-33-17-10-18-34-35-19-9-16-32(41(35)37(29)25-27)28-13-5-6-15-31(28)40(33)34/h5-11,13-26H,3-4,12H2,1-2H3. The van der Waals surface area contributed by atoms with Crippen molar-refractivity contribution in [2.75, 3.05) is 4.90 Å². The summed E-state index contributed by atoms with van der Waals surface area (Å²) in [5.74, 6) is 0. The van der Waals surface area contributed by atoms with Crippen LogP contribution in [0.5, 0.6) is 0 Å². The van der Waals surface area contributed by atoms with Crippen LogP contribution >= 0.6 is 11.3 Å². The SMILES string of the molecule is CCCC(CC)N(c1ccc2c(c1)-c1c3cccc1-c1cccc-2c1-c1ccccc1-3)c1cccc2c1sc1ccccc12. The van der Waals surface area contributed by atoms with E-state index in [0.29, 0.717) is 6.04 Å². The number of anilines is 2. The fourth-order valence-corrected chi connectivity index (χ4v) is 9.17. The van der Waals surface area contributed by atoms with Crippen LogP contribution < -0.4 is 4.90 Å². The maximum Gasteiger partial charge on any atom is 0.0595 e. The molecule has 2 aliphatic rings. The molecule has 0 amide bonds. The Bertz CT molecular complexity index is 2230. The lowest BCUT2D eigenvalue weighted by Crippen LogP contribution is -2.30. The first-order valence-corrected chi connectivity index (χ1v) is 16.8. The Balaban J connectivity index is 1.34. The molecule has 1 unspecified atom stereocenters. The van der Waals surface area contributed by atoms with Crippen molar-refractivity contribution in [3.8, 4) is 55.6 Å². The highest BCUT2D eigenvalue weighted by molar-refractivity contribution is 7.26. The van der Waals surface area contributed by atoms with Crippen molar-refractivity contribution in [1.29, 1.82) is 0 Å². The molecule has 44 heavy (non-hydrogen) atoms. The minimum atomic E-state index is 0.402. The zero-order chi connectivity index (χ0) is 29.4. The molecule has 0 spiro atoms. The van der Waals surface area contributed by atoms with Gasteiger partial charge in [-0.3, -0.25) is 0 Å². The molecule has 2 aliphatic carbocycles. The van der Waals surface area contributed by atoms with Gasteiger partial charge in [-0.05, 0) is 92.7 Å². The van der Waals surface area contributed by atoms with Gasteiger partial charge in [-0.25, -0.2) is 0 Å². The zero-order valence-electron chi connectivity index (χ0n) is 25.1. The molecule has 9 rings (SSSR count). The van der Waals surface area contributed by atoms with Crippen LogP contribution in [0.1, 0.15) is 33.1 Å². The molecule has 0 radical (unpaired) electrons. The molecule has 1 atom stereocenters. The molecule has 6 aromatic carbocycles. The lowest BCUT2D eigenvalue weighted by molar-refractivity contribution is 0.573. The van der Waals surface area contributed by atoms with E-state index < -0.39 is 0 Å². The summed E-state index contributed by atoms with van der Waals surface area (Å²) in [6.07, 6.45) is 3.39. The normalized spacial score (nSPS) is 13.0. The minimum absolute atomic E-state index is 0.402. The second-order valence-corrected chi connectivity index (χ2v) is 13.3. The third kappa shape index (κ3) is 3.58. The second-order valence-electron chi connectivity index (χ2n) is 12.2. The lowest BCUT2D eigenvalue weighted by Gasteiger charge is -2.34. The van der Waals surface area contributed by atoms with Crippen molar-refractivity contribution in [2.24, 2.45) is 0 Å². The molecule has 0 fully saturated rings. The van der Waals surface area contributed by atoms with E-state index in [9.17, 15) is 0 Å². The van der Waals surface area contributed by atoms with Crippen molar-refractivity contribution in [2.45, 2.75) is 39.2 Å². The third-order valence-electron chi connectivity index (χ3n) is 9.85. The number of rotatable bonds is 6. The van der Waals surface area contributed by atoms with Gasteiger partial charge in [0, 0.05) is 27.2 Å². The van der Waals surface area contributed by atoms with Crippen LogP contribution in [0.25, 0.3) is 75.8 Å².